The highest BCUT2D eigenvalue weighted by molar-refractivity contribution is 6.11. The number of aromatic nitrogens is 2. The van der Waals surface area contributed by atoms with E-state index in [1.807, 2.05) is 12.1 Å². The molecular formula is C32H27F2N3O6. The Labute approximate surface area is 245 Å². The number of carbonyl (C=O) groups excluding carboxylic acids is 1. The monoisotopic (exact) mass is 587 g/mol. The van der Waals surface area contributed by atoms with Crippen LogP contribution in [0.3, 0.4) is 0 Å². The largest absolute Gasteiger partial charge is 0.497 e. The standard InChI is InChI=1S/C32H27F2N3O6/c1-18-6-5-7-24(37(39)40)23(18)14-21-12-20-13-25(32(38)29-30(33)27(42-3)15-28(43-4)31(29)34)36(26(20)16-35-21)17-19-8-10-22(41-2)11-9-19/h5-13,15-16H,14,17H2,1-4H3. The summed E-state index contributed by atoms with van der Waals surface area (Å²) < 4.78 is 47.7. The molecule has 0 spiro atoms. The van der Waals surface area contributed by atoms with Gasteiger partial charge >= 0.3 is 0 Å². The zero-order valence-electron chi connectivity index (χ0n) is 23.8. The van der Waals surface area contributed by atoms with Crippen molar-refractivity contribution in [2.75, 3.05) is 21.3 Å². The number of halogens is 2. The number of pyridine rings is 1. The second-order valence-electron chi connectivity index (χ2n) is 9.82. The molecule has 9 nitrogen and oxygen atoms in total. The van der Waals surface area contributed by atoms with Crippen molar-refractivity contribution >= 4 is 22.4 Å². The van der Waals surface area contributed by atoms with E-state index in [0.29, 0.717) is 27.9 Å². The van der Waals surface area contributed by atoms with Gasteiger partial charge in [-0.3, -0.25) is 19.9 Å². The van der Waals surface area contributed by atoms with Crippen molar-refractivity contribution in [3.05, 3.63) is 122 Å². The first-order chi connectivity index (χ1) is 20.7. The number of fused-ring (bicyclic) bond motifs is 1. The molecule has 0 aliphatic heterocycles. The molecule has 0 radical (unpaired) electrons. The lowest BCUT2D eigenvalue weighted by molar-refractivity contribution is -0.385. The van der Waals surface area contributed by atoms with E-state index in [1.165, 1.54) is 26.4 Å². The maximum atomic E-state index is 15.4. The van der Waals surface area contributed by atoms with Crippen LogP contribution in [0.5, 0.6) is 17.2 Å². The molecule has 43 heavy (non-hydrogen) atoms. The number of nitro benzene ring substituents is 1. The number of rotatable bonds is 10. The topological polar surface area (TPSA) is 106 Å². The molecule has 2 aromatic heterocycles. The predicted octanol–water partition coefficient (Wildman–Crippen LogP) is 6.43. The number of ether oxygens (including phenoxy) is 3. The van der Waals surface area contributed by atoms with Gasteiger partial charge in [0.2, 0.25) is 5.78 Å². The number of methoxy groups -OCH3 is 3. The van der Waals surface area contributed by atoms with Gasteiger partial charge in [-0.15, -0.1) is 0 Å². The van der Waals surface area contributed by atoms with Crippen molar-refractivity contribution in [2.24, 2.45) is 0 Å². The van der Waals surface area contributed by atoms with Crippen LogP contribution in [-0.2, 0) is 13.0 Å². The van der Waals surface area contributed by atoms with Gasteiger partial charge in [0.1, 0.15) is 11.3 Å². The average Bonchev–Trinajstić information content (AvgIpc) is 3.35. The van der Waals surface area contributed by atoms with Crippen LogP contribution in [0.15, 0.2) is 66.9 Å². The summed E-state index contributed by atoms with van der Waals surface area (Å²) in [6.07, 6.45) is 1.72. The quantitative estimate of drug-likeness (QED) is 0.105. The molecule has 0 aliphatic rings. The molecule has 3 aromatic carbocycles. The summed E-state index contributed by atoms with van der Waals surface area (Å²) in [5.74, 6) is -3.28. The molecule has 11 heteroatoms. The fraction of sp³-hybridized carbons (Fsp3) is 0.188. The molecule has 0 bridgehead atoms. The van der Waals surface area contributed by atoms with Crippen molar-refractivity contribution in [1.29, 1.82) is 0 Å². The van der Waals surface area contributed by atoms with Gasteiger partial charge in [0, 0.05) is 41.7 Å². The Morgan fingerprint density at radius 1 is 0.953 bits per heavy atom. The number of hydrogen-bond donors (Lipinski definition) is 0. The first-order valence-corrected chi connectivity index (χ1v) is 13.1. The van der Waals surface area contributed by atoms with E-state index >= 15 is 8.78 Å². The van der Waals surface area contributed by atoms with Crippen molar-refractivity contribution in [2.45, 2.75) is 19.9 Å². The minimum absolute atomic E-state index is 0.000235. The van der Waals surface area contributed by atoms with Crippen molar-refractivity contribution in [1.82, 2.24) is 9.55 Å². The van der Waals surface area contributed by atoms with Crippen LogP contribution in [0, 0.1) is 28.7 Å². The van der Waals surface area contributed by atoms with Crippen molar-refractivity contribution in [3.63, 3.8) is 0 Å². The summed E-state index contributed by atoms with van der Waals surface area (Å²) >= 11 is 0. The lowest BCUT2D eigenvalue weighted by Crippen LogP contribution is -2.15. The summed E-state index contributed by atoms with van der Waals surface area (Å²) in [5.41, 5.74) is 2.24. The van der Waals surface area contributed by atoms with Gasteiger partial charge in [0.25, 0.3) is 5.69 Å². The lowest BCUT2D eigenvalue weighted by Gasteiger charge is -2.14. The van der Waals surface area contributed by atoms with Crippen LogP contribution < -0.4 is 14.2 Å². The first-order valence-electron chi connectivity index (χ1n) is 13.1. The molecule has 0 aliphatic carbocycles. The Morgan fingerprint density at radius 3 is 2.23 bits per heavy atom. The van der Waals surface area contributed by atoms with Gasteiger partial charge in [0.05, 0.1) is 43.7 Å². The van der Waals surface area contributed by atoms with Crippen LogP contribution in [0.1, 0.15) is 38.4 Å². The third-order valence-corrected chi connectivity index (χ3v) is 7.32. The van der Waals surface area contributed by atoms with Gasteiger partial charge in [-0.1, -0.05) is 24.3 Å². The Kier molecular flexibility index (Phi) is 8.07. The second kappa shape index (κ2) is 11.9. The zero-order valence-corrected chi connectivity index (χ0v) is 23.8. The van der Waals surface area contributed by atoms with E-state index in [0.717, 1.165) is 17.2 Å². The third kappa shape index (κ3) is 5.49. The number of benzene rings is 3. The van der Waals surface area contributed by atoms with Gasteiger partial charge in [0.15, 0.2) is 23.1 Å². The molecule has 0 fully saturated rings. The van der Waals surface area contributed by atoms with E-state index < -0.39 is 27.9 Å². The summed E-state index contributed by atoms with van der Waals surface area (Å²) in [5, 5.41) is 12.2. The maximum absolute atomic E-state index is 15.4. The molecule has 0 unspecified atom stereocenters. The van der Waals surface area contributed by atoms with Crippen LogP contribution in [0.25, 0.3) is 10.9 Å². The fourth-order valence-electron chi connectivity index (χ4n) is 5.06. The Balaban J connectivity index is 1.66. The van der Waals surface area contributed by atoms with Gasteiger partial charge in [-0.25, -0.2) is 8.78 Å². The summed E-state index contributed by atoms with van der Waals surface area (Å²) in [7, 11) is 3.96. The van der Waals surface area contributed by atoms with Crippen molar-refractivity contribution in [3.8, 4) is 17.2 Å². The van der Waals surface area contributed by atoms with Crippen LogP contribution >= 0.6 is 0 Å². The number of ketones is 1. The highest BCUT2D eigenvalue weighted by Crippen LogP contribution is 2.34. The number of aryl methyl sites for hydroxylation is 1. The van der Waals surface area contributed by atoms with E-state index in [2.05, 4.69) is 4.98 Å². The number of nitro groups is 1. The summed E-state index contributed by atoms with van der Waals surface area (Å²) in [6, 6.07) is 16.3. The molecule has 5 rings (SSSR count). The van der Waals surface area contributed by atoms with Gasteiger partial charge in [-0.05, 0) is 42.3 Å². The normalized spacial score (nSPS) is 11.0. The predicted molar refractivity (Wildman–Crippen MR) is 155 cm³/mol. The van der Waals surface area contributed by atoms with E-state index in [9.17, 15) is 14.9 Å². The highest BCUT2D eigenvalue weighted by atomic mass is 19.1. The highest BCUT2D eigenvalue weighted by Gasteiger charge is 2.29. The SMILES string of the molecule is COc1ccc(Cn2c(C(=O)c3c(F)c(OC)cc(OC)c3F)cc3cc(Cc4c(C)cccc4[N+](=O)[O-])ncc32)cc1. The number of hydrogen-bond acceptors (Lipinski definition) is 7. The first kappa shape index (κ1) is 29.2. The number of nitrogens with zero attached hydrogens (tertiary/aromatic N) is 3. The maximum Gasteiger partial charge on any atom is 0.273 e. The fourth-order valence-corrected chi connectivity index (χ4v) is 5.06. The molecule has 5 aromatic rings. The van der Waals surface area contributed by atoms with Gasteiger partial charge < -0.3 is 18.8 Å². The Bertz CT molecular complexity index is 1840. The molecular weight excluding hydrogens is 560 g/mol. The summed E-state index contributed by atoms with van der Waals surface area (Å²) in [4.78, 5) is 29.7. The van der Waals surface area contributed by atoms with E-state index in [1.54, 1.807) is 55.1 Å². The molecule has 0 N–H and O–H groups in total. The smallest absolute Gasteiger partial charge is 0.273 e. The third-order valence-electron chi connectivity index (χ3n) is 7.32. The van der Waals surface area contributed by atoms with E-state index in [4.69, 9.17) is 14.2 Å². The Morgan fingerprint density at radius 2 is 1.63 bits per heavy atom. The molecule has 0 amide bonds. The molecule has 2 heterocycles. The number of carbonyl (C=O) groups is 1. The van der Waals surface area contributed by atoms with Crippen LogP contribution in [-0.4, -0.2) is 41.6 Å². The molecule has 0 saturated carbocycles. The Hall–Kier alpha value is -5.32. The average molecular weight is 588 g/mol. The van der Waals surface area contributed by atoms with Crippen LogP contribution in [0.4, 0.5) is 14.5 Å². The second-order valence-corrected chi connectivity index (χ2v) is 9.82. The lowest BCUT2D eigenvalue weighted by atomic mass is 10.0. The molecule has 0 atom stereocenters. The minimum atomic E-state index is -1.15. The van der Waals surface area contributed by atoms with Crippen molar-refractivity contribution < 1.29 is 32.7 Å². The van der Waals surface area contributed by atoms with Gasteiger partial charge in [-0.2, -0.15) is 0 Å². The zero-order chi connectivity index (χ0) is 30.8. The molecule has 220 valence electrons. The minimum Gasteiger partial charge on any atom is -0.497 e. The molecule has 0 saturated heterocycles. The summed E-state index contributed by atoms with van der Waals surface area (Å²) in [6.45, 7) is 1.96. The van der Waals surface area contributed by atoms with Crippen LogP contribution in [0.2, 0.25) is 0 Å². The van der Waals surface area contributed by atoms with E-state index in [-0.39, 0.29) is 35.8 Å².